The van der Waals surface area contributed by atoms with Crippen LogP contribution in [-0.2, 0) is 38.6 Å². The Morgan fingerprint density at radius 3 is 1.84 bits per heavy atom. The highest BCUT2D eigenvalue weighted by Crippen LogP contribution is 2.17. The summed E-state index contributed by atoms with van der Waals surface area (Å²) in [7, 11) is 0. The predicted octanol–water partition coefficient (Wildman–Crippen LogP) is 10.6. The Bertz CT molecular complexity index is 747. The third-order valence-electron chi connectivity index (χ3n) is 8.04. The van der Waals surface area contributed by atoms with E-state index in [1.165, 1.54) is 108 Å². The SMILES string of the molecule is CC[CH]CCCCCCCc1cc(CO)cc(COC(=O)CCC(OCCCCCCCC)OCCCCCCCC)c1. The van der Waals surface area contributed by atoms with Crippen LogP contribution < -0.4 is 0 Å². The van der Waals surface area contributed by atoms with Crippen molar-refractivity contribution in [2.45, 2.75) is 182 Å². The molecular formula is C38H67O5. The second kappa shape index (κ2) is 29.3. The molecule has 0 heterocycles. The topological polar surface area (TPSA) is 65.0 Å². The van der Waals surface area contributed by atoms with E-state index in [0.29, 0.717) is 19.6 Å². The molecule has 5 nitrogen and oxygen atoms in total. The minimum atomic E-state index is -0.354. The Morgan fingerprint density at radius 1 is 0.698 bits per heavy atom. The summed E-state index contributed by atoms with van der Waals surface area (Å²) in [4.78, 5) is 12.7. The lowest BCUT2D eigenvalue weighted by Gasteiger charge is -2.19. The van der Waals surface area contributed by atoms with Gasteiger partial charge >= 0.3 is 5.97 Å². The minimum Gasteiger partial charge on any atom is -0.461 e. The minimum absolute atomic E-state index is 0.00369. The second-order valence-corrected chi connectivity index (χ2v) is 12.2. The van der Waals surface area contributed by atoms with Gasteiger partial charge in [-0.05, 0) is 48.8 Å². The molecule has 0 bridgehead atoms. The summed E-state index contributed by atoms with van der Waals surface area (Å²) >= 11 is 0. The number of rotatable bonds is 31. The molecule has 0 aliphatic carbocycles. The number of hydrogen-bond acceptors (Lipinski definition) is 5. The maximum atomic E-state index is 12.7. The average Bonchev–Trinajstić information content (AvgIpc) is 3.02. The number of esters is 1. The molecule has 5 heteroatoms. The fraction of sp³-hybridized carbons (Fsp3) is 0.789. The maximum Gasteiger partial charge on any atom is 0.306 e. The lowest BCUT2D eigenvalue weighted by molar-refractivity contribution is -0.160. The molecule has 0 saturated heterocycles. The molecule has 1 aromatic carbocycles. The van der Waals surface area contributed by atoms with Crippen LogP contribution in [0.2, 0.25) is 0 Å². The van der Waals surface area contributed by atoms with E-state index in [1.807, 2.05) is 6.07 Å². The summed E-state index contributed by atoms with van der Waals surface area (Å²) in [6, 6.07) is 6.14. The highest BCUT2D eigenvalue weighted by Gasteiger charge is 2.14. The van der Waals surface area contributed by atoms with Crippen LogP contribution in [0.4, 0.5) is 0 Å². The van der Waals surface area contributed by atoms with Crippen molar-refractivity contribution in [1.82, 2.24) is 0 Å². The number of benzene rings is 1. The van der Waals surface area contributed by atoms with Crippen LogP contribution in [0.5, 0.6) is 0 Å². The number of unbranched alkanes of at least 4 members (excludes halogenated alkanes) is 17. The van der Waals surface area contributed by atoms with Gasteiger partial charge in [-0.3, -0.25) is 4.79 Å². The predicted molar refractivity (Wildman–Crippen MR) is 180 cm³/mol. The van der Waals surface area contributed by atoms with E-state index in [9.17, 15) is 9.90 Å². The van der Waals surface area contributed by atoms with Gasteiger partial charge in [-0.15, -0.1) is 0 Å². The Morgan fingerprint density at radius 2 is 1.23 bits per heavy atom. The monoisotopic (exact) mass is 603 g/mol. The van der Waals surface area contributed by atoms with E-state index in [0.717, 1.165) is 36.8 Å². The lowest BCUT2D eigenvalue weighted by Crippen LogP contribution is -2.21. The number of aliphatic hydroxyl groups excluding tert-OH is 1. The molecule has 1 rings (SSSR count). The number of aliphatic hydroxyl groups is 1. The van der Waals surface area contributed by atoms with Crippen LogP contribution >= 0.6 is 0 Å². The molecule has 0 spiro atoms. The normalized spacial score (nSPS) is 11.5. The van der Waals surface area contributed by atoms with Gasteiger partial charge < -0.3 is 19.3 Å². The summed E-state index contributed by atoms with van der Waals surface area (Å²) in [5.74, 6) is -0.229. The van der Waals surface area contributed by atoms with E-state index in [4.69, 9.17) is 14.2 Å². The largest absolute Gasteiger partial charge is 0.461 e. The molecule has 0 aliphatic heterocycles. The summed E-state index contributed by atoms with van der Waals surface area (Å²) < 4.78 is 17.8. The zero-order valence-corrected chi connectivity index (χ0v) is 28.4. The van der Waals surface area contributed by atoms with Crippen molar-refractivity contribution in [2.24, 2.45) is 0 Å². The van der Waals surface area contributed by atoms with Crippen molar-refractivity contribution in [1.29, 1.82) is 0 Å². The van der Waals surface area contributed by atoms with Crippen LogP contribution in [0.15, 0.2) is 18.2 Å². The van der Waals surface area contributed by atoms with E-state index >= 15 is 0 Å². The standard InChI is InChI=1S/C38H67O5/c1-4-7-10-13-16-17-18-21-24-34-29-35(32-39)31-36(30-34)33-43-37(40)25-26-38(41-27-22-19-14-11-8-5-2)42-28-23-20-15-12-9-6-3/h7,29-31,38-39H,4-6,8-28,32-33H2,1-3H3. The zero-order valence-electron chi connectivity index (χ0n) is 28.4. The van der Waals surface area contributed by atoms with Crippen LogP contribution in [0.3, 0.4) is 0 Å². The number of carbonyl (C=O) groups is 1. The van der Waals surface area contributed by atoms with Gasteiger partial charge in [0.1, 0.15) is 6.61 Å². The first-order valence-electron chi connectivity index (χ1n) is 18.1. The van der Waals surface area contributed by atoms with Crippen molar-refractivity contribution in [2.75, 3.05) is 13.2 Å². The van der Waals surface area contributed by atoms with E-state index < -0.39 is 0 Å². The quantitative estimate of drug-likeness (QED) is 0.0519. The molecule has 0 unspecified atom stereocenters. The smallest absolute Gasteiger partial charge is 0.306 e. The molecule has 249 valence electrons. The van der Waals surface area contributed by atoms with Gasteiger partial charge in [-0.2, -0.15) is 0 Å². The first-order valence-corrected chi connectivity index (χ1v) is 18.1. The maximum absolute atomic E-state index is 12.7. The molecule has 0 aliphatic rings. The van der Waals surface area contributed by atoms with Crippen molar-refractivity contribution in [3.8, 4) is 0 Å². The Kier molecular flexibility index (Phi) is 27.0. The molecule has 0 amide bonds. The molecule has 1 N–H and O–H groups in total. The summed E-state index contributed by atoms with van der Waals surface area (Å²) in [6.45, 7) is 8.26. The third kappa shape index (κ3) is 23.6. The summed E-state index contributed by atoms with van der Waals surface area (Å²) in [5.41, 5.74) is 3.04. The van der Waals surface area contributed by atoms with Crippen LogP contribution in [-0.4, -0.2) is 30.6 Å². The summed E-state index contributed by atoms with van der Waals surface area (Å²) in [6.07, 6.45) is 27.1. The molecular weight excluding hydrogens is 536 g/mol. The number of aryl methyl sites for hydroxylation is 1. The molecule has 43 heavy (non-hydrogen) atoms. The molecule has 1 radical (unpaired) electrons. The second-order valence-electron chi connectivity index (χ2n) is 12.2. The lowest BCUT2D eigenvalue weighted by atomic mass is 10.0. The molecule has 0 atom stereocenters. The molecule has 0 aromatic heterocycles. The van der Waals surface area contributed by atoms with Gasteiger partial charge in [0, 0.05) is 19.6 Å². The fourth-order valence-corrected chi connectivity index (χ4v) is 5.39. The molecule has 1 aromatic rings. The number of carbonyl (C=O) groups excluding carboxylic acids is 1. The van der Waals surface area contributed by atoms with Gasteiger partial charge in [0.2, 0.25) is 0 Å². The summed E-state index contributed by atoms with van der Waals surface area (Å²) in [5, 5.41) is 9.77. The Labute approximate surface area is 265 Å². The van der Waals surface area contributed by atoms with Crippen molar-refractivity contribution in [3.05, 3.63) is 41.3 Å². The fourth-order valence-electron chi connectivity index (χ4n) is 5.39. The highest BCUT2D eigenvalue weighted by atomic mass is 16.7. The number of hydrogen-bond donors (Lipinski definition) is 1. The van der Waals surface area contributed by atoms with E-state index in [2.05, 4.69) is 39.3 Å². The van der Waals surface area contributed by atoms with Crippen LogP contribution in [0, 0.1) is 6.42 Å². The van der Waals surface area contributed by atoms with Crippen molar-refractivity contribution < 1.29 is 24.1 Å². The Balaban J connectivity index is 2.44. The van der Waals surface area contributed by atoms with Crippen molar-refractivity contribution in [3.63, 3.8) is 0 Å². The highest BCUT2D eigenvalue weighted by molar-refractivity contribution is 5.69. The number of ether oxygens (including phenoxy) is 3. The van der Waals surface area contributed by atoms with Gasteiger partial charge in [-0.25, -0.2) is 0 Å². The molecule has 0 saturated carbocycles. The van der Waals surface area contributed by atoms with Gasteiger partial charge in [0.15, 0.2) is 6.29 Å². The zero-order chi connectivity index (χ0) is 31.2. The van der Waals surface area contributed by atoms with Crippen LogP contribution in [0.1, 0.15) is 172 Å². The van der Waals surface area contributed by atoms with Crippen LogP contribution in [0.25, 0.3) is 0 Å². The van der Waals surface area contributed by atoms with E-state index in [1.54, 1.807) is 0 Å². The van der Waals surface area contributed by atoms with Gasteiger partial charge in [0.25, 0.3) is 0 Å². The van der Waals surface area contributed by atoms with Crippen molar-refractivity contribution >= 4 is 5.97 Å². The van der Waals surface area contributed by atoms with Gasteiger partial charge in [-0.1, -0.05) is 142 Å². The first-order chi connectivity index (χ1) is 21.1. The molecule has 0 fully saturated rings. The third-order valence-corrected chi connectivity index (χ3v) is 8.04. The van der Waals surface area contributed by atoms with E-state index in [-0.39, 0.29) is 31.9 Å². The van der Waals surface area contributed by atoms with Gasteiger partial charge in [0.05, 0.1) is 13.0 Å². The Hall–Kier alpha value is -1.43. The first kappa shape index (κ1) is 39.6. The average molecular weight is 604 g/mol.